The number of fused-ring (bicyclic) bond motifs is 1. The fourth-order valence-corrected chi connectivity index (χ4v) is 3.21. The van der Waals surface area contributed by atoms with Gasteiger partial charge in [0.05, 0.1) is 12.7 Å². The van der Waals surface area contributed by atoms with E-state index >= 15 is 0 Å². The van der Waals surface area contributed by atoms with Crippen molar-refractivity contribution in [1.82, 2.24) is 5.32 Å². The molecule has 2 heterocycles. The minimum Gasteiger partial charge on any atom is -0.494 e. The SMILES string of the molecule is CCCCOc1ccc2c(c1)C(OC)CC1(CCNC1)O2. The molecule has 2 aliphatic heterocycles. The third kappa shape index (κ3) is 3.01. The van der Waals surface area contributed by atoms with E-state index < -0.39 is 0 Å². The van der Waals surface area contributed by atoms with Gasteiger partial charge in [0.2, 0.25) is 0 Å². The van der Waals surface area contributed by atoms with Crippen LogP contribution in [0.1, 0.15) is 44.3 Å². The normalized spacial score (nSPS) is 27.4. The van der Waals surface area contributed by atoms with Crippen LogP contribution in [-0.2, 0) is 4.74 Å². The maximum atomic E-state index is 6.30. The second kappa shape index (κ2) is 6.24. The first-order valence-electron chi connectivity index (χ1n) is 7.95. The van der Waals surface area contributed by atoms with Crippen LogP contribution in [0, 0.1) is 0 Å². The number of hydrogen-bond acceptors (Lipinski definition) is 4. The molecule has 0 amide bonds. The van der Waals surface area contributed by atoms with E-state index in [0.29, 0.717) is 0 Å². The lowest BCUT2D eigenvalue weighted by Crippen LogP contribution is -2.43. The number of nitrogens with one attached hydrogen (secondary N) is 1. The van der Waals surface area contributed by atoms with Gasteiger partial charge in [-0.15, -0.1) is 0 Å². The molecule has 0 aliphatic carbocycles. The molecule has 2 aliphatic rings. The number of unbranched alkanes of at least 4 members (excludes halogenated alkanes) is 1. The summed E-state index contributed by atoms with van der Waals surface area (Å²) in [6.07, 6.45) is 4.26. The molecule has 116 valence electrons. The summed E-state index contributed by atoms with van der Waals surface area (Å²) in [5.74, 6) is 1.85. The number of methoxy groups -OCH3 is 1. The van der Waals surface area contributed by atoms with Crippen molar-refractivity contribution in [2.45, 2.75) is 44.3 Å². The van der Waals surface area contributed by atoms with Crippen LogP contribution in [0.25, 0.3) is 0 Å². The molecule has 1 fully saturated rings. The first kappa shape index (κ1) is 14.7. The van der Waals surface area contributed by atoms with Crippen molar-refractivity contribution in [3.63, 3.8) is 0 Å². The molecular formula is C17H25NO3. The lowest BCUT2D eigenvalue weighted by atomic mass is 9.88. The number of rotatable bonds is 5. The second-order valence-electron chi connectivity index (χ2n) is 6.04. The zero-order valence-corrected chi connectivity index (χ0v) is 13.0. The Morgan fingerprint density at radius 1 is 1.43 bits per heavy atom. The van der Waals surface area contributed by atoms with E-state index in [9.17, 15) is 0 Å². The molecule has 0 aromatic heterocycles. The smallest absolute Gasteiger partial charge is 0.126 e. The number of benzene rings is 1. The fraction of sp³-hybridized carbons (Fsp3) is 0.647. The molecular weight excluding hydrogens is 266 g/mol. The van der Waals surface area contributed by atoms with Crippen molar-refractivity contribution < 1.29 is 14.2 Å². The first-order chi connectivity index (χ1) is 10.3. The molecule has 3 rings (SSSR count). The van der Waals surface area contributed by atoms with Crippen molar-refractivity contribution >= 4 is 0 Å². The standard InChI is InChI=1S/C17H25NO3/c1-3-4-9-20-13-5-6-15-14(10-13)16(19-2)11-17(21-15)7-8-18-12-17/h5-6,10,16,18H,3-4,7-9,11-12H2,1-2H3. The van der Waals surface area contributed by atoms with Crippen LogP contribution >= 0.6 is 0 Å². The van der Waals surface area contributed by atoms with Crippen LogP contribution in [0.15, 0.2) is 18.2 Å². The Labute approximate surface area is 126 Å². The molecule has 0 radical (unpaired) electrons. The van der Waals surface area contributed by atoms with Crippen LogP contribution in [0.2, 0.25) is 0 Å². The molecule has 2 unspecified atom stereocenters. The van der Waals surface area contributed by atoms with Gasteiger partial charge in [0.1, 0.15) is 17.1 Å². The van der Waals surface area contributed by atoms with Crippen molar-refractivity contribution in [3.8, 4) is 11.5 Å². The highest BCUT2D eigenvalue weighted by molar-refractivity contribution is 5.44. The van der Waals surface area contributed by atoms with Crippen LogP contribution in [-0.4, -0.2) is 32.4 Å². The van der Waals surface area contributed by atoms with Crippen molar-refractivity contribution in [3.05, 3.63) is 23.8 Å². The van der Waals surface area contributed by atoms with Gasteiger partial charge in [-0.3, -0.25) is 0 Å². The van der Waals surface area contributed by atoms with Gasteiger partial charge >= 0.3 is 0 Å². The van der Waals surface area contributed by atoms with Gasteiger partial charge in [-0.1, -0.05) is 13.3 Å². The number of hydrogen-bond donors (Lipinski definition) is 1. The molecule has 1 aromatic rings. The topological polar surface area (TPSA) is 39.7 Å². The Bertz CT molecular complexity index is 483. The molecule has 1 spiro atoms. The molecule has 4 nitrogen and oxygen atoms in total. The molecule has 21 heavy (non-hydrogen) atoms. The van der Waals surface area contributed by atoms with E-state index in [0.717, 1.165) is 62.4 Å². The fourth-order valence-electron chi connectivity index (χ4n) is 3.21. The van der Waals surface area contributed by atoms with Gasteiger partial charge in [0, 0.05) is 32.1 Å². The van der Waals surface area contributed by atoms with Crippen molar-refractivity contribution in [2.75, 3.05) is 26.8 Å². The minimum absolute atomic E-state index is 0.0865. The van der Waals surface area contributed by atoms with E-state index in [4.69, 9.17) is 14.2 Å². The van der Waals surface area contributed by atoms with Gasteiger partial charge in [0.15, 0.2) is 0 Å². The Kier molecular flexibility index (Phi) is 4.36. The van der Waals surface area contributed by atoms with Gasteiger partial charge in [-0.2, -0.15) is 0 Å². The van der Waals surface area contributed by atoms with Crippen LogP contribution in [0.4, 0.5) is 0 Å². The summed E-state index contributed by atoms with van der Waals surface area (Å²) >= 11 is 0. The maximum Gasteiger partial charge on any atom is 0.126 e. The third-order valence-electron chi connectivity index (χ3n) is 4.47. The molecule has 1 N–H and O–H groups in total. The Balaban J connectivity index is 1.80. The molecule has 2 atom stereocenters. The van der Waals surface area contributed by atoms with Crippen LogP contribution in [0.3, 0.4) is 0 Å². The molecule has 0 saturated carbocycles. The summed E-state index contributed by atoms with van der Waals surface area (Å²) in [5, 5.41) is 3.40. The summed E-state index contributed by atoms with van der Waals surface area (Å²) in [7, 11) is 1.78. The summed E-state index contributed by atoms with van der Waals surface area (Å²) in [5.41, 5.74) is 1.02. The predicted molar refractivity (Wildman–Crippen MR) is 82.1 cm³/mol. The molecule has 0 bridgehead atoms. The van der Waals surface area contributed by atoms with Gasteiger partial charge < -0.3 is 19.5 Å². The molecule has 4 heteroatoms. The highest BCUT2D eigenvalue weighted by Crippen LogP contribution is 2.44. The predicted octanol–water partition coefficient (Wildman–Crippen LogP) is 3.07. The van der Waals surface area contributed by atoms with E-state index in [1.165, 1.54) is 0 Å². The number of ether oxygens (including phenoxy) is 3. The quantitative estimate of drug-likeness (QED) is 0.846. The third-order valence-corrected chi connectivity index (χ3v) is 4.47. The lowest BCUT2D eigenvalue weighted by molar-refractivity contribution is -0.0204. The Morgan fingerprint density at radius 3 is 3.05 bits per heavy atom. The Hall–Kier alpha value is -1.26. The first-order valence-corrected chi connectivity index (χ1v) is 7.95. The second-order valence-corrected chi connectivity index (χ2v) is 6.04. The maximum absolute atomic E-state index is 6.30. The monoisotopic (exact) mass is 291 g/mol. The highest BCUT2D eigenvalue weighted by Gasteiger charge is 2.43. The summed E-state index contributed by atoms with van der Waals surface area (Å²) in [4.78, 5) is 0. The zero-order valence-electron chi connectivity index (χ0n) is 13.0. The molecule has 1 aromatic carbocycles. The summed E-state index contributed by atoms with van der Waals surface area (Å²) in [6.45, 7) is 4.85. The van der Waals surface area contributed by atoms with E-state index in [-0.39, 0.29) is 11.7 Å². The van der Waals surface area contributed by atoms with E-state index in [2.05, 4.69) is 18.3 Å². The average molecular weight is 291 g/mol. The van der Waals surface area contributed by atoms with Crippen molar-refractivity contribution in [1.29, 1.82) is 0 Å². The van der Waals surface area contributed by atoms with Gasteiger partial charge in [0.25, 0.3) is 0 Å². The van der Waals surface area contributed by atoms with Gasteiger partial charge in [-0.05, 0) is 31.2 Å². The van der Waals surface area contributed by atoms with Crippen molar-refractivity contribution in [2.24, 2.45) is 0 Å². The summed E-state index contributed by atoms with van der Waals surface area (Å²) in [6, 6.07) is 6.11. The largest absolute Gasteiger partial charge is 0.494 e. The van der Waals surface area contributed by atoms with Crippen LogP contribution < -0.4 is 14.8 Å². The van der Waals surface area contributed by atoms with E-state index in [1.807, 2.05) is 12.1 Å². The molecule has 1 saturated heterocycles. The van der Waals surface area contributed by atoms with Crippen LogP contribution in [0.5, 0.6) is 11.5 Å². The van der Waals surface area contributed by atoms with Gasteiger partial charge in [-0.25, -0.2) is 0 Å². The average Bonchev–Trinajstić information content (AvgIpc) is 2.95. The summed E-state index contributed by atoms with van der Waals surface area (Å²) < 4.78 is 17.8. The minimum atomic E-state index is -0.0989. The Morgan fingerprint density at radius 2 is 2.33 bits per heavy atom. The van der Waals surface area contributed by atoms with E-state index in [1.54, 1.807) is 7.11 Å². The lowest BCUT2D eigenvalue weighted by Gasteiger charge is -2.39. The zero-order chi connectivity index (χ0) is 14.7. The highest BCUT2D eigenvalue weighted by atomic mass is 16.5.